The fourth-order valence-electron chi connectivity index (χ4n) is 1.10. The van der Waals surface area contributed by atoms with Gasteiger partial charge in [-0.3, -0.25) is 0 Å². The maximum absolute atomic E-state index is 11.7. The number of rotatable bonds is 6. The standard InChI is InChI=1S/C11H20N2O3/c1-5-7-13(8-6-2)10(16)12-11(3,4)9(14)15/h5H,1,6-8H2,2-4H3,(H,12,16)(H,14,15). The lowest BCUT2D eigenvalue weighted by Gasteiger charge is -2.27. The van der Waals surface area contributed by atoms with Gasteiger partial charge in [-0.25, -0.2) is 9.59 Å². The molecule has 0 radical (unpaired) electrons. The summed E-state index contributed by atoms with van der Waals surface area (Å²) < 4.78 is 0. The highest BCUT2D eigenvalue weighted by Gasteiger charge is 2.30. The first kappa shape index (κ1) is 14.5. The maximum atomic E-state index is 11.7. The van der Waals surface area contributed by atoms with Crippen molar-refractivity contribution in [2.24, 2.45) is 0 Å². The summed E-state index contributed by atoms with van der Waals surface area (Å²) >= 11 is 0. The van der Waals surface area contributed by atoms with Gasteiger partial charge in [-0.05, 0) is 20.3 Å². The summed E-state index contributed by atoms with van der Waals surface area (Å²) in [6, 6.07) is -0.380. The predicted octanol–water partition coefficient (Wildman–Crippen LogP) is 1.46. The molecular formula is C11H20N2O3. The molecule has 0 aliphatic carbocycles. The number of nitrogens with zero attached hydrogens (tertiary/aromatic N) is 1. The molecule has 0 rings (SSSR count). The summed E-state index contributed by atoms with van der Waals surface area (Å²) in [5.74, 6) is -1.06. The molecule has 0 aromatic rings. The van der Waals surface area contributed by atoms with E-state index in [-0.39, 0.29) is 6.03 Å². The van der Waals surface area contributed by atoms with Crippen LogP contribution >= 0.6 is 0 Å². The molecule has 2 N–H and O–H groups in total. The van der Waals surface area contributed by atoms with Crippen LogP contribution in [0.25, 0.3) is 0 Å². The van der Waals surface area contributed by atoms with Crippen LogP contribution in [0, 0.1) is 0 Å². The minimum absolute atomic E-state index is 0.380. The van der Waals surface area contributed by atoms with Crippen LogP contribution in [-0.4, -0.2) is 40.6 Å². The number of hydrogen-bond donors (Lipinski definition) is 2. The molecule has 0 atom stereocenters. The molecule has 92 valence electrons. The van der Waals surface area contributed by atoms with Crippen molar-refractivity contribution in [1.29, 1.82) is 0 Å². The van der Waals surface area contributed by atoms with Crippen LogP contribution in [0.5, 0.6) is 0 Å². The van der Waals surface area contributed by atoms with Crippen molar-refractivity contribution < 1.29 is 14.7 Å². The lowest BCUT2D eigenvalue weighted by molar-refractivity contribution is -0.143. The summed E-state index contributed by atoms with van der Waals surface area (Å²) in [6.45, 7) is 9.40. The molecule has 0 aromatic heterocycles. The number of carboxylic acid groups (broad SMARTS) is 1. The Kier molecular flexibility index (Phi) is 5.56. The summed E-state index contributed by atoms with van der Waals surface area (Å²) in [5, 5.41) is 11.3. The van der Waals surface area contributed by atoms with Gasteiger partial charge in [0.05, 0.1) is 0 Å². The molecule has 0 aromatic carbocycles. The Morgan fingerprint density at radius 2 is 2.06 bits per heavy atom. The summed E-state index contributed by atoms with van der Waals surface area (Å²) in [5.41, 5.74) is -1.26. The lowest BCUT2D eigenvalue weighted by atomic mass is 10.1. The Bertz CT molecular complexity index is 274. The van der Waals surface area contributed by atoms with Crippen molar-refractivity contribution in [2.45, 2.75) is 32.7 Å². The molecule has 0 spiro atoms. The average molecular weight is 228 g/mol. The zero-order chi connectivity index (χ0) is 12.8. The van der Waals surface area contributed by atoms with Gasteiger partial charge in [0.25, 0.3) is 0 Å². The second-order valence-electron chi connectivity index (χ2n) is 4.09. The average Bonchev–Trinajstić information content (AvgIpc) is 2.16. The highest BCUT2D eigenvalue weighted by Crippen LogP contribution is 2.04. The maximum Gasteiger partial charge on any atom is 0.328 e. The van der Waals surface area contributed by atoms with Gasteiger partial charge < -0.3 is 15.3 Å². The topological polar surface area (TPSA) is 69.6 Å². The fourth-order valence-corrected chi connectivity index (χ4v) is 1.10. The van der Waals surface area contributed by atoms with E-state index >= 15 is 0 Å². The Balaban J connectivity index is 4.51. The zero-order valence-electron chi connectivity index (χ0n) is 10.1. The summed E-state index contributed by atoms with van der Waals surface area (Å²) in [6.07, 6.45) is 2.43. The van der Waals surface area contributed by atoms with Crippen molar-refractivity contribution in [3.05, 3.63) is 12.7 Å². The molecule has 16 heavy (non-hydrogen) atoms. The zero-order valence-corrected chi connectivity index (χ0v) is 10.1. The SMILES string of the molecule is C=CCN(CCC)C(=O)NC(C)(C)C(=O)O. The van der Waals surface area contributed by atoms with Crippen molar-refractivity contribution in [3.63, 3.8) is 0 Å². The number of nitrogens with one attached hydrogen (secondary N) is 1. The Labute approximate surface area is 96.1 Å². The molecule has 5 heteroatoms. The Morgan fingerprint density at radius 1 is 1.50 bits per heavy atom. The van der Waals surface area contributed by atoms with Gasteiger partial charge in [0.1, 0.15) is 5.54 Å². The predicted molar refractivity (Wildman–Crippen MR) is 62.3 cm³/mol. The van der Waals surface area contributed by atoms with Crippen LogP contribution in [0.15, 0.2) is 12.7 Å². The molecule has 5 nitrogen and oxygen atoms in total. The lowest BCUT2D eigenvalue weighted by Crippen LogP contribution is -2.54. The molecular weight excluding hydrogens is 208 g/mol. The van der Waals surface area contributed by atoms with E-state index in [1.807, 2.05) is 6.92 Å². The molecule has 0 saturated heterocycles. The molecule has 0 fully saturated rings. The minimum Gasteiger partial charge on any atom is -0.480 e. The number of carbonyl (C=O) groups is 2. The summed E-state index contributed by atoms with van der Waals surface area (Å²) in [7, 11) is 0. The number of hydrogen-bond acceptors (Lipinski definition) is 2. The minimum atomic E-state index is -1.26. The molecule has 0 aliphatic rings. The largest absolute Gasteiger partial charge is 0.480 e. The molecule has 0 saturated carbocycles. The van der Waals surface area contributed by atoms with E-state index in [1.54, 1.807) is 6.08 Å². The van der Waals surface area contributed by atoms with Gasteiger partial charge in [0.2, 0.25) is 0 Å². The number of aliphatic carboxylic acids is 1. The third-order valence-corrected chi connectivity index (χ3v) is 2.08. The monoisotopic (exact) mass is 228 g/mol. The molecule has 0 aliphatic heterocycles. The Hall–Kier alpha value is -1.52. The first-order valence-electron chi connectivity index (χ1n) is 5.26. The van der Waals surface area contributed by atoms with Gasteiger partial charge in [-0.2, -0.15) is 0 Å². The smallest absolute Gasteiger partial charge is 0.328 e. The van der Waals surface area contributed by atoms with Gasteiger partial charge in [0, 0.05) is 13.1 Å². The van der Waals surface area contributed by atoms with Gasteiger partial charge in [-0.15, -0.1) is 6.58 Å². The van der Waals surface area contributed by atoms with E-state index < -0.39 is 11.5 Å². The van der Waals surface area contributed by atoms with E-state index in [4.69, 9.17) is 5.11 Å². The highest BCUT2D eigenvalue weighted by atomic mass is 16.4. The number of urea groups is 1. The van der Waals surface area contributed by atoms with Crippen LogP contribution in [0.2, 0.25) is 0 Å². The van der Waals surface area contributed by atoms with E-state index in [1.165, 1.54) is 18.7 Å². The number of carbonyl (C=O) groups excluding carboxylic acids is 1. The van der Waals surface area contributed by atoms with Crippen LogP contribution in [0.4, 0.5) is 4.79 Å². The normalized spacial score (nSPS) is 10.7. The van der Waals surface area contributed by atoms with E-state index in [2.05, 4.69) is 11.9 Å². The first-order valence-corrected chi connectivity index (χ1v) is 5.26. The van der Waals surface area contributed by atoms with Crippen LogP contribution in [-0.2, 0) is 4.79 Å². The van der Waals surface area contributed by atoms with Crippen LogP contribution < -0.4 is 5.32 Å². The molecule has 0 unspecified atom stereocenters. The van der Waals surface area contributed by atoms with Crippen molar-refractivity contribution in [2.75, 3.05) is 13.1 Å². The van der Waals surface area contributed by atoms with E-state index in [0.717, 1.165) is 6.42 Å². The quantitative estimate of drug-likeness (QED) is 0.676. The molecule has 2 amide bonds. The third-order valence-electron chi connectivity index (χ3n) is 2.08. The number of carboxylic acids is 1. The first-order chi connectivity index (χ1) is 7.35. The van der Waals surface area contributed by atoms with Crippen LogP contribution in [0.3, 0.4) is 0 Å². The Morgan fingerprint density at radius 3 is 2.44 bits per heavy atom. The molecule has 0 heterocycles. The second kappa shape index (κ2) is 6.15. The van der Waals surface area contributed by atoms with Crippen LogP contribution in [0.1, 0.15) is 27.2 Å². The van der Waals surface area contributed by atoms with E-state index in [0.29, 0.717) is 13.1 Å². The molecule has 0 bridgehead atoms. The third kappa shape index (κ3) is 4.33. The highest BCUT2D eigenvalue weighted by molar-refractivity contribution is 5.85. The van der Waals surface area contributed by atoms with Crippen molar-refractivity contribution in [3.8, 4) is 0 Å². The summed E-state index contributed by atoms with van der Waals surface area (Å²) in [4.78, 5) is 24.1. The van der Waals surface area contributed by atoms with Crippen molar-refractivity contribution in [1.82, 2.24) is 10.2 Å². The van der Waals surface area contributed by atoms with Gasteiger partial charge in [-0.1, -0.05) is 13.0 Å². The van der Waals surface area contributed by atoms with E-state index in [9.17, 15) is 9.59 Å². The fraction of sp³-hybridized carbons (Fsp3) is 0.636. The number of amides is 2. The van der Waals surface area contributed by atoms with Gasteiger partial charge in [0.15, 0.2) is 0 Å². The van der Waals surface area contributed by atoms with Crippen molar-refractivity contribution >= 4 is 12.0 Å². The second-order valence-corrected chi connectivity index (χ2v) is 4.09. The van der Waals surface area contributed by atoms with Gasteiger partial charge >= 0.3 is 12.0 Å².